The molecule has 2 N–H and O–H groups in total. The number of nitrogen functional groups attached to an aromatic ring is 1. The van der Waals surface area contributed by atoms with Gasteiger partial charge in [0.1, 0.15) is 13.8 Å². The standard InChI is InChI=1S/C17H21NOSi/c1-4-20(2,3)13-19-17-11-7-15(8-12-17)14-5-9-16(18)10-6-14/h4-12H,1,13,18H2,2-3H3. The largest absolute Gasteiger partial charge is 0.497 e. The van der Waals surface area contributed by atoms with Crippen molar-refractivity contribution in [1.29, 1.82) is 0 Å². The van der Waals surface area contributed by atoms with Crippen molar-refractivity contribution in [3.8, 4) is 16.9 Å². The fraction of sp³-hybridized carbons (Fsp3) is 0.176. The van der Waals surface area contributed by atoms with Gasteiger partial charge in [0.15, 0.2) is 0 Å². The molecule has 0 aliphatic rings. The zero-order chi connectivity index (χ0) is 14.6. The number of nitrogens with two attached hydrogens (primary N) is 1. The first-order chi connectivity index (χ1) is 9.50. The van der Waals surface area contributed by atoms with E-state index in [0.29, 0.717) is 0 Å². The second kappa shape index (κ2) is 5.97. The molecule has 2 aromatic carbocycles. The first-order valence-electron chi connectivity index (χ1n) is 6.72. The quantitative estimate of drug-likeness (QED) is 0.656. The van der Waals surface area contributed by atoms with E-state index in [1.165, 1.54) is 0 Å². The van der Waals surface area contributed by atoms with Gasteiger partial charge >= 0.3 is 0 Å². The third-order valence-corrected chi connectivity index (χ3v) is 5.26. The third-order valence-electron chi connectivity index (χ3n) is 3.26. The minimum atomic E-state index is -1.42. The summed E-state index contributed by atoms with van der Waals surface area (Å²) < 4.78 is 5.84. The molecule has 2 aromatic rings. The lowest BCUT2D eigenvalue weighted by Gasteiger charge is -2.17. The summed E-state index contributed by atoms with van der Waals surface area (Å²) in [5.74, 6) is 0.909. The molecule has 0 fully saturated rings. The van der Waals surface area contributed by atoms with Crippen LogP contribution in [0.5, 0.6) is 5.75 Å². The number of ether oxygens (including phenoxy) is 1. The van der Waals surface area contributed by atoms with Crippen LogP contribution in [0.4, 0.5) is 5.69 Å². The van der Waals surface area contributed by atoms with Gasteiger partial charge in [-0.15, -0.1) is 6.58 Å². The van der Waals surface area contributed by atoms with E-state index in [-0.39, 0.29) is 0 Å². The second-order valence-electron chi connectivity index (χ2n) is 5.63. The van der Waals surface area contributed by atoms with E-state index in [2.05, 4.69) is 37.5 Å². The minimum absolute atomic E-state index is 0.762. The molecule has 3 heteroatoms. The molecule has 0 saturated heterocycles. The van der Waals surface area contributed by atoms with Gasteiger partial charge in [0.05, 0.1) is 6.23 Å². The van der Waals surface area contributed by atoms with Crippen LogP contribution in [0, 0.1) is 0 Å². The van der Waals surface area contributed by atoms with E-state index >= 15 is 0 Å². The first-order valence-corrected chi connectivity index (χ1v) is 10.0. The number of benzene rings is 2. The van der Waals surface area contributed by atoms with Crippen molar-refractivity contribution in [3.63, 3.8) is 0 Å². The van der Waals surface area contributed by atoms with E-state index < -0.39 is 8.07 Å². The van der Waals surface area contributed by atoms with Crippen molar-refractivity contribution in [2.75, 3.05) is 12.0 Å². The molecule has 0 heterocycles. The topological polar surface area (TPSA) is 35.2 Å². The van der Waals surface area contributed by atoms with Crippen LogP contribution in [0.15, 0.2) is 60.8 Å². The normalized spacial score (nSPS) is 11.1. The maximum absolute atomic E-state index is 5.84. The summed E-state index contributed by atoms with van der Waals surface area (Å²) >= 11 is 0. The summed E-state index contributed by atoms with van der Waals surface area (Å²) in [6, 6.07) is 16.1. The number of hydrogen-bond acceptors (Lipinski definition) is 2. The third kappa shape index (κ3) is 3.74. The first kappa shape index (κ1) is 14.4. The average molecular weight is 283 g/mol. The van der Waals surface area contributed by atoms with Crippen molar-refractivity contribution in [2.45, 2.75) is 13.1 Å². The van der Waals surface area contributed by atoms with Crippen molar-refractivity contribution in [2.24, 2.45) is 0 Å². The molecule has 0 spiro atoms. The van der Waals surface area contributed by atoms with Crippen molar-refractivity contribution >= 4 is 13.8 Å². The molecule has 0 aliphatic carbocycles. The highest BCUT2D eigenvalue weighted by Crippen LogP contribution is 2.23. The highest BCUT2D eigenvalue weighted by molar-refractivity contribution is 6.82. The van der Waals surface area contributed by atoms with Crippen LogP contribution in [0.1, 0.15) is 0 Å². The lowest BCUT2D eigenvalue weighted by Crippen LogP contribution is -2.31. The van der Waals surface area contributed by atoms with Crippen molar-refractivity contribution in [3.05, 3.63) is 60.8 Å². The van der Waals surface area contributed by atoms with Gasteiger partial charge in [-0.1, -0.05) is 43.1 Å². The highest BCUT2D eigenvalue weighted by atomic mass is 28.3. The molecule has 2 rings (SSSR count). The highest BCUT2D eigenvalue weighted by Gasteiger charge is 2.16. The van der Waals surface area contributed by atoms with Crippen LogP contribution in [0.2, 0.25) is 13.1 Å². The van der Waals surface area contributed by atoms with Gasteiger partial charge in [-0.3, -0.25) is 0 Å². The number of hydrogen-bond donors (Lipinski definition) is 1. The molecule has 104 valence electrons. The Bertz CT molecular complexity index is 573. The molecule has 0 aliphatic heterocycles. The maximum atomic E-state index is 5.84. The zero-order valence-corrected chi connectivity index (χ0v) is 13.1. The van der Waals surface area contributed by atoms with Gasteiger partial charge in [-0.05, 0) is 35.4 Å². The Labute approximate surface area is 121 Å². The van der Waals surface area contributed by atoms with Gasteiger partial charge in [0.2, 0.25) is 0 Å². The molecule has 0 radical (unpaired) electrons. The number of anilines is 1. The Morgan fingerprint density at radius 2 is 1.50 bits per heavy atom. The summed E-state index contributed by atoms with van der Waals surface area (Å²) in [6.45, 7) is 8.35. The van der Waals surface area contributed by atoms with Crippen molar-refractivity contribution in [1.82, 2.24) is 0 Å². The van der Waals surface area contributed by atoms with Crippen LogP contribution in [-0.2, 0) is 0 Å². The second-order valence-corrected chi connectivity index (χ2v) is 10.3. The lowest BCUT2D eigenvalue weighted by molar-refractivity contribution is 0.379. The summed E-state index contributed by atoms with van der Waals surface area (Å²) in [5.41, 5.74) is 10.9. The Morgan fingerprint density at radius 3 is 2.00 bits per heavy atom. The average Bonchev–Trinajstić information content (AvgIpc) is 2.47. The Hall–Kier alpha value is -2.00. The van der Waals surface area contributed by atoms with Gasteiger partial charge in [-0.2, -0.15) is 0 Å². The molecule has 2 nitrogen and oxygen atoms in total. The van der Waals surface area contributed by atoms with E-state index in [1.807, 2.05) is 36.4 Å². The molecule has 0 unspecified atom stereocenters. The summed E-state index contributed by atoms with van der Waals surface area (Å²) in [6.07, 6.45) is 0.762. The number of rotatable bonds is 5. The Kier molecular flexibility index (Phi) is 4.30. The van der Waals surface area contributed by atoms with Crippen molar-refractivity contribution < 1.29 is 4.74 Å². The maximum Gasteiger partial charge on any atom is 0.118 e. The molecule has 0 amide bonds. The van der Waals surface area contributed by atoms with Crippen LogP contribution in [0.25, 0.3) is 11.1 Å². The van der Waals surface area contributed by atoms with Crippen LogP contribution >= 0.6 is 0 Å². The fourth-order valence-corrected chi connectivity index (χ4v) is 2.40. The van der Waals surface area contributed by atoms with E-state index in [0.717, 1.165) is 28.8 Å². The molecular weight excluding hydrogens is 262 g/mol. The van der Waals surface area contributed by atoms with E-state index in [9.17, 15) is 0 Å². The molecular formula is C17H21NOSi. The Balaban J connectivity index is 2.06. The van der Waals surface area contributed by atoms with Gasteiger partial charge in [-0.25, -0.2) is 0 Å². The van der Waals surface area contributed by atoms with Crippen LogP contribution in [0.3, 0.4) is 0 Å². The smallest absolute Gasteiger partial charge is 0.118 e. The summed E-state index contributed by atoms with van der Waals surface area (Å²) in [4.78, 5) is 0. The van der Waals surface area contributed by atoms with Gasteiger partial charge in [0, 0.05) is 5.69 Å². The molecule has 0 atom stereocenters. The zero-order valence-electron chi connectivity index (χ0n) is 12.1. The predicted molar refractivity (Wildman–Crippen MR) is 89.5 cm³/mol. The minimum Gasteiger partial charge on any atom is -0.497 e. The van der Waals surface area contributed by atoms with E-state index in [1.54, 1.807) is 0 Å². The summed E-state index contributed by atoms with van der Waals surface area (Å²) in [7, 11) is -1.42. The SMILES string of the molecule is C=C[Si](C)(C)COc1ccc(-c2ccc(N)cc2)cc1. The van der Waals surface area contributed by atoms with E-state index in [4.69, 9.17) is 10.5 Å². The fourth-order valence-electron chi connectivity index (χ4n) is 1.75. The summed E-state index contributed by atoms with van der Waals surface area (Å²) in [5, 5.41) is 0. The van der Waals surface area contributed by atoms with Crippen LogP contribution < -0.4 is 10.5 Å². The van der Waals surface area contributed by atoms with Gasteiger partial charge < -0.3 is 10.5 Å². The predicted octanol–water partition coefficient (Wildman–Crippen LogP) is 4.29. The Morgan fingerprint density at radius 1 is 1.00 bits per heavy atom. The molecule has 20 heavy (non-hydrogen) atoms. The van der Waals surface area contributed by atoms with Gasteiger partial charge in [0.25, 0.3) is 0 Å². The monoisotopic (exact) mass is 283 g/mol. The lowest BCUT2D eigenvalue weighted by atomic mass is 10.1. The molecule has 0 saturated carbocycles. The molecule has 0 aromatic heterocycles. The molecule has 0 bridgehead atoms. The van der Waals surface area contributed by atoms with Crippen LogP contribution in [-0.4, -0.2) is 14.3 Å².